The highest BCUT2D eigenvalue weighted by molar-refractivity contribution is 7.89. The first kappa shape index (κ1) is 28.8. The van der Waals surface area contributed by atoms with E-state index in [1.807, 2.05) is 0 Å². The van der Waals surface area contributed by atoms with Gasteiger partial charge in [-0.2, -0.15) is 31.4 Å². The molecule has 3 rings (SSSR count). The topological polar surface area (TPSA) is 73.2 Å². The molecule has 0 saturated carbocycles. The van der Waals surface area contributed by atoms with Crippen LogP contribution in [0.2, 0.25) is 5.02 Å². The Labute approximate surface area is 214 Å². The maximum Gasteiger partial charge on any atom is 0.416 e. The Kier molecular flexibility index (Phi) is 7.92. The number of aryl methyl sites for hydroxylation is 1. The molecule has 0 aliphatic rings. The van der Waals surface area contributed by atoms with Crippen LogP contribution in [-0.4, -0.2) is 30.1 Å². The van der Waals surface area contributed by atoms with Crippen molar-refractivity contribution in [3.8, 4) is 22.9 Å². The molecule has 2 aromatic carbocycles. The number of ether oxygens (including phenoxy) is 1. The molecule has 0 atom stereocenters. The molecular formula is C23H22ClF6N3O3S. The zero-order valence-corrected chi connectivity index (χ0v) is 21.3. The fourth-order valence-corrected chi connectivity index (χ4v) is 5.18. The van der Waals surface area contributed by atoms with Crippen LogP contribution in [0.5, 0.6) is 11.6 Å². The fraction of sp³-hybridized carbons (Fsp3) is 0.348. The molecule has 37 heavy (non-hydrogen) atoms. The zero-order valence-electron chi connectivity index (χ0n) is 19.7. The molecular weight excluding hydrogens is 548 g/mol. The Morgan fingerprint density at radius 3 is 2.16 bits per heavy atom. The van der Waals surface area contributed by atoms with Crippen molar-refractivity contribution in [1.29, 1.82) is 0 Å². The van der Waals surface area contributed by atoms with Gasteiger partial charge < -0.3 is 4.74 Å². The SMILES string of the molecule is CCn1nc(-c2cccc(C(C)(C)NS(=O)(=O)CC(F)(F)F)c2)c(Cl)c1Oc1ccc(C(F)(F)F)cc1. The van der Waals surface area contributed by atoms with Crippen molar-refractivity contribution >= 4 is 21.6 Å². The average Bonchev–Trinajstić information content (AvgIpc) is 3.06. The third-order valence-corrected chi connectivity index (χ3v) is 7.04. The van der Waals surface area contributed by atoms with Gasteiger partial charge in [-0.05, 0) is 56.7 Å². The van der Waals surface area contributed by atoms with Crippen LogP contribution in [0.15, 0.2) is 48.5 Å². The number of halogens is 7. The number of sulfonamides is 1. The van der Waals surface area contributed by atoms with Crippen molar-refractivity contribution in [2.24, 2.45) is 0 Å². The number of hydrogen-bond donors (Lipinski definition) is 1. The summed E-state index contributed by atoms with van der Waals surface area (Å²) in [6.07, 6.45) is -9.41. The van der Waals surface area contributed by atoms with Crippen LogP contribution in [0, 0.1) is 0 Å². The standard InChI is InChI=1S/C23H22ClF6N3O3S/c1-4-33-20(36-17-10-8-15(9-11-17)23(28,29)30)18(24)19(31-33)14-6-5-7-16(12-14)21(2,3)32-37(34,35)13-22(25,26)27/h5-12,32H,4,13H2,1-3H3. The lowest BCUT2D eigenvalue weighted by molar-refractivity contribution is -0.137. The molecule has 0 saturated heterocycles. The monoisotopic (exact) mass is 569 g/mol. The number of benzene rings is 2. The number of rotatable bonds is 8. The van der Waals surface area contributed by atoms with Gasteiger partial charge in [0, 0.05) is 12.1 Å². The van der Waals surface area contributed by atoms with E-state index < -0.39 is 39.2 Å². The van der Waals surface area contributed by atoms with Crippen molar-refractivity contribution in [2.75, 3.05) is 5.75 Å². The first-order valence-corrected chi connectivity index (χ1v) is 12.8. The van der Waals surface area contributed by atoms with Crippen molar-refractivity contribution in [1.82, 2.24) is 14.5 Å². The second kappa shape index (κ2) is 10.2. The molecule has 0 amide bonds. The summed E-state index contributed by atoms with van der Waals surface area (Å²) in [4.78, 5) is 0. The number of nitrogens with one attached hydrogen (secondary N) is 1. The first-order valence-electron chi connectivity index (χ1n) is 10.7. The van der Waals surface area contributed by atoms with Crippen molar-refractivity contribution in [3.05, 3.63) is 64.7 Å². The van der Waals surface area contributed by atoms with Crippen molar-refractivity contribution in [2.45, 2.75) is 45.2 Å². The highest BCUT2D eigenvalue weighted by Gasteiger charge is 2.38. The summed E-state index contributed by atoms with van der Waals surface area (Å²) in [5.74, 6) is -1.87. The Morgan fingerprint density at radius 1 is 1.00 bits per heavy atom. The van der Waals surface area contributed by atoms with E-state index in [2.05, 4.69) is 9.82 Å². The number of hydrogen-bond acceptors (Lipinski definition) is 4. The van der Waals surface area contributed by atoms with E-state index in [9.17, 15) is 34.8 Å². The molecule has 6 nitrogen and oxygen atoms in total. The molecule has 0 fully saturated rings. The summed E-state index contributed by atoms with van der Waals surface area (Å²) in [6, 6.07) is 10.2. The molecule has 0 radical (unpaired) electrons. The summed E-state index contributed by atoms with van der Waals surface area (Å²) >= 11 is 6.52. The maximum atomic E-state index is 12.8. The van der Waals surface area contributed by atoms with E-state index in [0.29, 0.717) is 11.1 Å². The van der Waals surface area contributed by atoms with Crippen LogP contribution >= 0.6 is 11.6 Å². The van der Waals surface area contributed by atoms with Crippen LogP contribution in [0.3, 0.4) is 0 Å². The molecule has 0 spiro atoms. The predicted octanol–water partition coefficient (Wildman–Crippen LogP) is 6.75. The summed E-state index contributed by atoms with van der Waals surface area (Å²) in [7, 11) is -4.70. The fourth-order valence-electron chi connectivity index (χ4n) is 3.50. The highest BCUT2D eigenvalue weighted by Crippen LogP contribution is 2.39. The van der Waals surface area contributed by atoms with Gasteiger partial charge in [0.15, 0.2) is 5.75 Å². The lowest BCUT2D eigenvalue weighted by Crippen LogP contribution is -2.44. The second-order valence-electron chi connectivity index (χ2n) is 8.59. The van der Waals surface area contributed by atoms with Gasteiger partial charge in [-0.25, -0.2) is 17.8 Å². The second-order valence-corrected chi connectivity index (χ2v) is 10.7. The van der Waals surface area contributed by atoms with E-state index >= 15 is 0 Å². The number of nitrogens with zero attached hydrogens (tertiary/aromatic N) is 2. The molecule has 3 aromatic rings. The lowest BCUT2D eigenvalue weighted by Gasteiger charge is -2.27. The molecule has 0 aliphatic heterocycles. The smallest absolute Gasteiger partial charge is 0.416 e. The molecule has 1 aromatic heterocycles. The van der Waals surface area contributed by atoms with Crippen LogP contribution in [-0.2, 0) is 28.3 Å². The summed E-state index contributed by atoms with van der Waals surface area (Å²) in [5, 5.41) is 4.43. The van der Waals surface area contributed by atoms with Gasteiger partial charge in [0.1, 0.15) is 16.5 Å². The minimum Gasteiger partial charge on any atom is -0.438 e. The number of aromatic nitrogens is 2. The van der Waals surface area contributed by atoms with Gasteiger partial charge in [-0.3, -0.25) is 0 Å². The quantitative estimate of drug-likeness (QED) is 0.305. The molecule has 0 aliphatic carbocycles. The summed E-state index contributed by atoms with van der Waals surface area (Å²) in [5.41, 5.74) is -1.29. The van der Waals surface area contributed by atoms with E-state index in [1.165, 1.54) is 30.7 Å². The van der Waals surface area contributed by atoms with Crippen LogP contribution in [0.25, 0.3) is 11.3 Å². The Hall–Kier alpha value is -2.77. The van der Waals surface area contributed by atoms with Crippen molar-refractivity contribution < 1.29 is 39.5 Å². The lowest BCUT2D eigenvalue weighted by atomic mass is 9.93. The average molecular weight is 570 g/mol. The van der Waals surface area contributed by atoms with E-state index in [0.717, 1.165) is 24.3 Å². The maximum absolute atomic E-state index is 12.8. The molecule has 14 heteroatoms. The molecule has 0 bridgehead atoms. The molecule has 202 valence electrons. The van der Waals surface area contributed by atoms with Gasteiger partial charge >= 0.3 is 12.4 Å². The van der Waals surface area contributed by atoms with Gasteiger partial charge in [-0.15, -0.1) is 0 Å². The van der Waals surface area contributed by atoms with Crippen LogP contribution < -0.4 is 9.46 Å². The molecule has 1 N–H and O–H groups in total. The van der Waals surface area contributed by atoms with E-state index in [-0.39, 0.29) is 28.9 Å². The minimum absolute atomic E-state index is 0.0364. The number of alkyl halides is 6. The molecule has 0 unspecified atom stereocenters. The van der Waals surface area contributed by atoms with E-state index in [4.69, 9.17) is 16.3 Å². The van der Waals surface area contributed by atoms with Gasteiger partial charge in [-0.1, -0.05) is 29.8 Å². The summed E-state index contributed by atoms with van der Waals surface area (Å²) in [6.45, 7) is 4.84. The molecule has 1 heterocycles. The third kappa shape index (κ3) is 7.17. The van der Waals surface area contributed by atoms with Gasteiger partial charge in [0.25, 0.3) is 0 Å². The first-order chi connectivity index (χ1) is 16.9. The predicted molar refractivity (Wildman–Crippen MR) is 126 cm³/mol. The third-order valence-electron chi connectivity index (χ3n) is 5.17. The van der Waals surface area contributed by atoms with Gasteiger partial charge in [0.2, 0.25) is 15.9 Å². The largest absolute Gasteiger partial charge is 0.438 e. The summed E-state index contributed by atoms with van der Waals surface area (Å²) < 4.78 is 110. The highest BCUT2D eigenvalue weighted by atomic mass is 35.5. The Bertz CT molecular complexity index is 1370. The van der Waals surface area contributed by atoms with Gasteiger partial charge in [0.05, 0.1) is 11.1 Å². The Balaban J connectivity index is 1.93. The minimum atomic E-state index is -4.91. The van der Waals surface area contributed by atoms with Crippen molar-refractivity contribution in [3.63, 3.8) is 0 Å². The van der Waals surface area contributed by atoms with Crippen LogP contribution in [0.1, 0.15) is 31.9 Å². The van der Waals surface area contributed by atoms with Crippen LogP contribution in [0.4, 0.5) is 26.3 Å². The van der Waals surface area contributed by atoms with E-state index in [1.54, 1.807) is 19.1 Å². The normalized spacial score (nSPS) is 13.1. The zero-order chi connectivity index (χ0) is 27.8. The Morgan fingerprint density at radius 2 is 1.62 bits per heavy atom.